The SMILES string of the molecule is O=C(c1ccc(O)cc1)N1CCCN(C(=O)c2ccc3cc(O)ccc3c2)CC1. The minimum atomic E-state index is -0.0928. The molecule has 0 unspecified atom stereocenters. The third-order valence-electron chi connectivity index (χ3n) is 5.26. The van der Waals surface area contributed by atoms with Crippen LogP contribution in [0.25, 0.3) is 10.8 Å². The van der Waals surface area contributed by atoms with Crippen molar-refractivity contribution >= 4 is 22.6 Å². The first-order valence-corrected chi connectivity index (χ1v) is 9.62. The summed E-state index contributed by atoms with van der Waals surface area (Å²) in [5, 5.41) is 20.8. The first-order valence-electron chi connectivity index (χ1n) is 9.62. The Morgan fingerprint density at radius 2 is 1.14 bits per heavy atom. The van der Waals surface area contributed by atoms with Gasteiger partial charge < -0.3 is 20.0 Å². The van der Waals surface area contributed by atoms with Crippen LogP contribution >= 0.6 is 0 Å². The quantitative estimate of drug-likeness (QED) is 0.704. The lowest BCUT2D eigenvalue weighted by Gasteiger charge is -2.22. The molecule has 0 atom stereocenters. The maximum Gasteiger partial charge on any atom is 0.253 e. The Balaban J connectivity index is 1.46. The summed E-state index contributed by atoms with van der Waals surface area (Å²) in [5.74, 6) is 0.172. The third kappa shape index (κ3) is 4.01. The average molecular weight is 390 g/mol. The molecule has 29 heavy (non-hydrogen) atoms. The van der Waals surface area contributed by atoms with Crippen LogP contribution in [0.3, 0.4) is 0 Å². The van der Waals surface area contributed by atoms with Gasteiger partial charge in [0.05, 0.1) is 0 Å². The average Bonchev–Trinajstić information content (AvgIpc) is 2.99. The highest BCUT2D eigenvalue weighted by Crippen LogP contribution is 2.22. The molecule has 2 N–H and O–H groups in total. The number of carbonyl (C=O) groups excluding carboxylic acids is 2. The summed E-state index contributed by atoms with van der Waals surface area (Å²) in [6.45, 7) is 2.11. The lowest BCUT2D eigenvalue weighted by Crippen LogP contribution is -2.37. The van der Waals surface area contributed by atoms with Crippen LogP contribution in [0.1, 0.15) is 27.1 Å². The second-order valence-electron chi connectivity index (χ2n) is 7.23. The van der Waals surface area contributed by atoms with E-state index in [2.05, 4.69) is 0 Å². The molecule has 1 aliphatic heterocycles. The van der Waals surface area contributed by atoms with E-state index in [0.29, 0.717) is 43.7 Å². The maximum atomic E-state index is 13.0. The molecule has 4 rings (SSSR count). The number of rotatable bonds is 2. The van der Waals surface area contributed by atoms with Crippen LogP contribution in [0.4, 0.5) is 0 Å². The van der Waals surface area contributed by atoms with Gasteiger partial charge in [0, 0.05) is 37.3 Å². The highest BCUT2D eigenvalue weighted by atomic mass is 16.3. The van der Waals surface area contributed by atoms with Crippen LogP contribution < -0.4 is 0 Å². The summed E-state index contributed by atoms with van der Waals surface area (Å²) in [7, 11) is 0. The number of aromatic hydroxyl groups is 2. The number of amides is 2. The number of fused-ring (bicyclic) bond motifs is 1. The zero-order valence-electron chi connectivity index (χ0n) is 15.9. The van der Waals surface area contributed by atoms with E-state index in [0.717, 1.165) is 10.8 Å². The maximum absolute atomic E-state index is 13.0. The first kappa shape index (κ1) is 18.8. The van der Waals surface area contributed by atoms with Gasteiger partial charge in [0.25, 0.3) is 11.8 Å². The number of nitrogens with zero attached hydrogens (tertiary/aromatic N) is 2. The second kappa shape index (κ2) is 7.83. The van der Waals surface area contributed by atoms with Crippen LogP contribution in [0, 0.1) is 0 Å². The van der Waals surface area contributed by atoms with E-state index in [1.165, 1.54) is 12.1 Å². The number of hydrogen-bond acceptors (Lipinski definition) is 4. The summed E-state index contributed by atoms with van der Waals surface area (Å²) in [4.78, 5) is 29.2. The first-order chi connectivity index (χ1) is 14.0. The number of phenolic OH excluding ortho intramolecular Hbond substituents is 2. The molecule has 0 saturated carbocycles. The molecule has 0 aromatic heterocycles. The Kier molecular flexibility index (Phi) is 5.08. The van der Waals surface area contributed by atoms with Crippen LogP contribution in [-0.2, 0) is 0 Å². The van der Waals surface area contributed by atoms with Gasteiger partial charge in [-0.15, -0.1) is 0 Å². The number of hydrogen-bond donors (Lipinski definition) is 2. The number of benzene rings is 3. The van der Waals surface area contributed by atoms with Crippen LogP contribution in [0.15, 0.2) is 60.7 Å². The predicted octanol–water partition coefficient (Wildman–Crippen LogP) is 3.24. The smallest absolute Gasteiger partial charge is 0.253 e. The van der Waals surface area contributed by atoms with E-state index in [-0.39, 0.29) is 23.3 Å². The molecule has 3 aromatic carbocycles. The van der Waals surface area contributed by atoms with Gasteiger partial charge in [-0.05, 0) is 65.7 Å². The topological polar surface area (TPSA) is 81.1 Å². The molecule has 1 saturated heterocycles. The molecule has 0 bridgehead atoms. The van der Waals surface area contributed by atoms with Crippen molar-refractivity contribution in [1.29, 1.82) is 0 Å². The molecule has 6 heteroatoms. The molecule has 0 radical (unpaired) electrons. The van der Waals surface area contributed by atoms with Gasteiger partial charge in [-0.3, -0.25) is 9.59 Å². The molecule has 1 heterocycles. The summed E-state index contributed by atoms with van der Waals surface area (Å²) < 4.78 is 0. The van der Waals surface area contributed by atoms with Crippen LogP contribution in [0.2, 0.25) is 0 Å². The number of phenols is 2. The van der Waals surface area contributed by atoms with E-state index in [9.17, 15) is 19.8 Å². The van der Waals surface area contributed by atoms with E-state index in [1.54, 1.807) is 46.2 Å². The largest absolute Gasteiger partial charge is 0.508 e. The van der Waals surface area contributed by atoms with Crippen LogP contribution in [-0.4, -0.2) is 58.0 Å². The van der Waals surface area contributed by atoms with Gasteiger partial charge in [-0.25, -0.2) is 0 Å². The summed E-state index contributed by atoms with van der Waals surface area (Å²) >= 11 is 0. The van der Waals surface area contributed by atoms with Gasteiger partial charge in [-0.1, -0.05) is 12.1 Å². The van der Waals surface area contributed by atoms with Gasteiger partial charge in [0.2, 0.25) is 0 Å². The molecule has 0 spiro atoms. The summed E-state index contributed by atoms with van der Waals surface area (Å²) in [5.41, 5.74) is 1.13. The Bertz CT molecular complexity index is 1060. The highest BCUT2D eigenvalue weighted by Gasteiger charge is 2.23. The Morgan fingerprint density at radius 1 is 0.621 bits per heavy atom. The second-order valence-corrected chi connectivity index (χ2v) is 7.23. The van der Waals surface area contributed by atoms with Crippen LogP contribution in [0.5, 0.6) is 11.5 Å². The molecule has 2 amide bonds. The lowest BCUT2D eigenvalue weighted by atomic mass is 10.1. The fourth-order valence-corrected chi connectivity index (χ4v) is 3.66. The minimum absolute atomic E-state index is 0.0566. The molecule has 148 valence electrons. The molecule has 1 fully saturated rings. The van der Waals surface area contributed by atoms with Gasteiger partial charge in [0.15, 0.2) is 0 Å². The predicted molar refractivity (Wildman–Crippen MR) is 110 cm³/mol. The normalized spacial score (nSPS) is 14.6. The number of carbonyl (C=O) groups is 2. The van der Waals surface area contributed by atoms with Crippen molar-refractivity contribution in [3.05, 3.63) is 71.8 Å². The zero-order chi connectivity index (χ0) is 20.4. The summed E-state index contributed by atoms with van der Waals surface area (Å²) in [6, 6.07) is 16.7. The van der Waals surface area contributed by atoms with Gasteiger partial charge in [0.1, 0.15) is 11.5 Å². The fourth-order valence-electron chi connectivity index (χ4n) is 3.66. The molecule has 0 aliphatic carbocycles. The summed E-state index contributed by atoms with van der Waals surface area (Å²) in [6.07, 6.45) is 0.705. The third-order valence-corrected chi connectivity index (χ3v) is 5.26. The van der Waals surface area contributed by atoms with E-state index >= 15 is 0 Å². The standard InChI is InChI=1S/C23H22N2O4/c26-20-7-4-16(5-8-20)22(28)24-10-1-11-25(13-12-24)23(29)19-3-2-18-15-21(27)9-6-17(18)14-19/h2-9,14-15,26-27H,1,10-13H2. The Hall–Kier alpha value is -3.54. The van der Waals surface area contributed by atoms with Crippen molar-refractivity contribution < 1.29 is 19.8 Å². The Morgan fingerprint density at radius 3 is 1.83 bits per heavy atom. The highest BCUT2D eigenvalue weighted by molar-refractivity contribution is 5.99. The zero-order valence-corrected chi connectivity index (χ0v) is 15.9. The van der Waals surface area contributed by atoms with Crippen molar-refractivity contribution in [2.45, 2.75) is 6.42 Å². The van der Waals surface area contributed by atoms with Crippen molar-refractivity contribution in [3.8, 4) is 11.5 Å². The van der Waals surface area contributed by atoms with E-state index in [4.69, 9.17) is 0 Å². The monoisotopic (exact) mass is 390 g/mol. The van der Waals surface area contributed by atoms with Crippen molar-refractivity contribution in [1.82, 2.24) is 9.80 Å². The fraction of sp³-hybridized carbons (Fsp3) is 0.217. The van der Waals surface area contributed by atoms with Crippen molar-refractivity contribution in [2.24, 2.45) is 0 Å². The molecule has 3 aromatic rings. The van der Waals surface area contributed by atoms with Gasteiger partial charge in [-0.2, -0.15) is 0 Å². The molecular weight excluding hydrogens is 368 g/mol. The molecule has 1 aliphatic rings. The Labute approximate surface area is 168 Å². The lowest BCUT2D eigenvalue weighted by molar-refractivity contribution is 0.0719. The van der Waals surface area contributed by atoms with Gasteiger partial charge >= 0.3 is 0 Å². The minimum Gasteiger partial charge on any atom is -0.508 e. The van der Waals surface area contributed by atoms with Crippen molar-refractivity contribution in [2.75, 3.05) is 26.2 Å². The molecular formula is C23H22N2O4. The van der Waals surface area contributed by atoms with E-state index in [1.807, 2.05) is 12.1 Å². The van der Waals surface area contributed by atoms with E-state index < -0.39 is 0 Å². The molecule has 6 nitrogen and oxygen atoms in total. The van der Waals surface area contributed by atoms with Crippen molar-refractivity contribution in [3.63, 3.8) is 0 Å².